The van der Waals surface area contributed by atoms with E-state index in [2.05, 4.69) is 0 Å². The SMILES string of the molecule is NCC1Cc2c(O)c(F)cc(C3=C(Cl)CC(O)C(O)C3Cl)c2O1. The van der Waals surface area contributed by atoms with Gasteiger partial charge in [0.25, 0.3) is 0 Å². The maximum Gasteiger partial charge on any atom is 0.165 e. The maximum absolute atomic E-state index is 14.1. The van der Waals surface area contributed by atoms with E-state index in [0.717, 1.165) is 6.07 Å². The number of hydrogen-bond donors (Lipinski definition) is 4. The first-order valence-corrected chi connectivity index (χ1v) is 7.96. The van der Waals surface area contributed by atoms with Gasteiger partial charge in [-0.1, -0.05) is 11.6 Å². The zero-order valence-corrected chi connectivity index (χ0v) is 13.5. The third-order valence-electron chi connectivity index (χ3n) is 4.22. The summed E-state index contributed by atoms with van der Waals surface area (Å²) in [5, 5.41) is 28.8. The molecule has 0 fully saturated rings. The molecule has 0 bridgehead atoms. The highest BCUT2D eigenvalue weighted by atomic mass is 35.5. The molecule has 4 unspecified atom stereocenters. The lowest BCUT2D eigenvalue weighted by atomic mass is 9.87. The molecular weight excluding hydrogens is 348 g/mol. The fourth-order valence-electron chi connectivity index (χ4n) is 2.99. The molecular formula is C15H16Cl2FNO4. The summed E-state index contributed by atoms with van der Waals surface area (Å²) < 4.78 is 19.8. The molecule has 0 saturated carbocycles. The summed E-state index contributed by atoms with van der Waals surface area (Å²) in [4.78, 5) is 0. The van der Waals surface area contributed by atoms with Crippen molar-refractivity contribution in [2.24, 2.45) is 5.73 Å². The predicted molar refractivity (Wildman–Crippen MR) is 84.3 cm³/mol. The molecule has 1 aromatic carbocycles. The van der Waals surface area contributed by atoms with Crippen LogP contribution < -0.4 is 10.5 Å². The van der Waals surface area contributed by atoms with Gasteiger partial charge in [0.1, 0.15) is 18.0 Å². The number of rotatable bonds is 2. The smallest absolute Gasteiger partial charge is 0.165 e. The molecule has 1 aliphatic heterocycles. The largest absolute Gasteiger partial charge is 0.505 e. The number of fused-ring (bicyclic) bond motifs is 1. The highest BCUT2D eigenvalue weighted by Gasteiger charge is 2.39. The number of phenols is 1. The number of benzene rings is 1. The van der Waals surface area contributed by atoms with Crippen molar-refractivity contribution in [3.05, 3.63) is 28.0 Å². The minimum Gasteiger partial charge on any atom is -0.505 e. The van der Waals surface area contributed by atoms with Crippen LogP contribution in [0.4, 0.5) is 4.39 Å². The van der Waals surface area contributed by atoms with Crippen molar-refractivity contribution in [1.29, 1.82) is 0 Å². The van der Waals surface area contributed by atoms with Crippen molar-refractivity contribution in [3.63, 3.8) is 0 Å². The van der Waals surface area contributed by atoms with E-state index in [-0.39, 0.29) is 41.8 Å². The fraction of sp³-hybridized carbons (Fsp3) is 0.467. The summed E-state index contributed by atoms with van der Waals surface area (Å²) in [6, 6.07) is 1.07. The van der Waals surface area contributed by atoms with E-state index in [1.165, 1.54) is 0 Å². The molecule has 4 atom stereocenters. The molecule has 0 spiro atoms. The summed E-state index contributed by atoms with van der Waals surface area (Å²) >= 11 is 12.4. The molecule has 23 heavy (non-hydrogen) atoms. The summed E-state index contributed by atoms with van der Waals surface area (Å²) in [7, 11) is 0. The molecule has 1 aromatic rings. The first-order valence-electron chi connectivity index (χ1n) is 7.15. The normalized spacial score (nSPS) is 30.3. The minimum atomic E-state index is -1.24. The van der Waals surface area contributed by atoms with Crippen molar-refractivity contribution in [2.45, 2.75) is 36.5 Å². The van der Waals surface area contributed by atoms with Crippen LogP contribution in [0, 0.1) is 5.82 Å². The highest BCUT2D eigenvalue weighted by molar-refractivity contribution is 6.37. The van der Waals surface area contributed by atoms with Gasteiger partial charge in [0.05, 0.1) is 11.5 Å². The molecule has 0 radical (unpaired) electrons. The monoisotopic (exact) mass is 363 g/mol. The number of hydrogen-bond acceptors (Lipinski definition) is 5. The third-order valence-corrected chi connectivity index (χ3v) is 5.06. The Morgan fingerprint density at radius 1 is 1.35 bits per heavy atom. The number of halogens is 3. The van der Waals surface area contributed by atoms with Crippen molar-refractivity contribution in [1.82, 2.24) is 0 Å². The number of ether oxygens (including phenoxy) is 1. The quantitative estimate of drug-likeness (QED) is 0.597. The number of alkyl halides is 1. The van der Waals surface area contributed by atoms with E-state index in [1.807, 2.05) is 0 Å². The second-order valence-electron chi connectivity index (χ2n) is 5.72. The lowest BCUT2D eigenvalue weighted by Crippen LogP contribution is -2.38. The molecule has 1 heterocycles. The fourth-order valence-corrected chi connectivity index (χ4v) is 3.84. The van der Waals surface area contributed by atoms with Crippen LogP contribution in [0.5, 0.6) is 11.5 Å². The van der Waals surface area contributed by atoms with Crippen LogP contribution in [0.3, 0.4) is 0 Å². The number of aromatic hydroxyl groups is 1. The van der Waals surface area contributed by atoms with Crippen molar-refractivity contribution in [3.8, 4) is 11.5 Å². The van der Waals surface area contributed by atoms with Gasteiger partial charge in [0.15, 0.2) is 11.6 Å². The summed E-state index contributed by atoms with van der Waals surface area (Å²) in [5.41, 5.74) is 6.45. The average molecular weight is 364 g/mol. The maximum atomic E-state index is 14.1. The van der Waals surface area contributed by atoms with E-state index in [4.69, 9.17) is 33.7 Å². The molecule has 3 rings (SSSR count). The van der Waals surface area contributed by atoms with Gasteiger partial charge in [-0.3, -0.25) is 0 Å². The Balaban J connectivity index is 2.17. The molecule has 8 heteroatoms. The second-order valence-corrected chi connectivity index (χ2v) is 6.65. The van der Waals surface area contributed by atoms with Gasteiger partial charge in [-0.2, -0.15) is 0 Å². The van der Waals surface area contributed by atoms with Gasteiger partial charge in [-0.15, -0.1) is 11.6 Å². The van der Waals surface area contributed by atoms with Crippen LogP contribution in [0.2, 0.25) is 0 Å². The van der Waals surface area contributed by atoms with Crippen molar-refractivity contribution < 1.29 is 24.4 Å². The minimum absolute atomic E-state index is 0.00113. The van der Waals surface area contributed by atoms with E-state index < -0.39 is 29.2 Å². The molecule has 1 aliphatic carbocycles. The van der Waals surface area contributed by atoms with Crippen molar-refractivity contribution in [2.75, 3.05) is 6.54 Å². The number of phenolic OH excluding ortho intramolecular Hbond substituents is 1. The van der Waals surface area contributed by atoms with Gasteiger partial charge >= 0.3 is 0 Å². The summed E-state index contributed by atoms with van der Waals surface area (Å²) in [5.74, 6) is -1.05. The Bertz CT molecular complexity index is 682. The van der Waals surface area contributed by atoms with Crippen LogP contribution in [0.15, 0.2) is 11.1 Å². The molecule has 2 aliphatic rings. The lowest BCUT2D eigenvalue weighted by molar-refractivity contribution is 0.0225. The second kappa shape index (κ2) is 6.11. The number of nitrogens with two attached hydrogens (primary N) is 1. The number of aliphatic hydroxyl groups excluding tert-OH is 2. The standard InChI is InChI=1S/C15H16Cl2FNO4/c16-8-3-10(20)14(22)12(17)11(8)6-2-9(18)13(21)7-1-5(4-19)23-15(6)7/h2,5,10,12,14,20-22H,1,3-4,19H2. The van der Waals surface area contributed by atoms with Gasteiger partial charge in [0.2, 0.25) is 0 Å². The third kappa shape index (κ3) is 2.68. The van der Waals surface area contributed by atoms with E-state index in [9.17, 15) is 19.7 Å². The van der Waals surface area contributed by atoms with Gasteiger partial charge in [-0.25, -0.2) is 4.39 Å². The predicted octanol–water partition coefficient (Wildman–Crippen LogP) is 1.48. The highest BCUT2D eigenvalue weighted by Crippen LogP contribution is 2.47. The Morgan fingerprint density at radius 3 is 2.70 bits per heavy atom. The van der Waals surface area contributed by atoms with Crippen LogP contribution in [0.1, 0.15) is 17.5 Å². The Morgan fingerprint density at radius 2 is 2.04 bits per heavy atom. The molecule has 5 N–H and O–H groups in total. The molecule has 0 amide bonds. The van der Waals surface area contributed by atoms with Crippen molar-refractivity contribution >= 4 is 28.8 Å². The van der Waals surface area contributed by atoms with Crippen LogP contribution in [-0.2, 0) is 6.42 Å². The van der Waals surface area contributed by atoms with E-state index in [0.29, 0.717) is 11.1 Å². The molecule has 126 valence electrons. The zero-order valence-electron chi connectivity index (χ0n) is 12.0. The van der Waals surface area contributed by atoms with Gasteiger partial charge < -0.3 is 25.8 Å². The molecule has 0 saturated heterocycles. The zero-order chi connectivity index (χ0) is 16.9. The first-order chi connectivity index (χ1) is 10.8. The summed E-state index contributed by atoms with van der Waals surface area (Å²) in [6.07, 6.45) is -2.46. The Kier molecular flexibility index (Phi) is 4.46. The lowest BCUT2D eigenvalue weighted by Gasteiger charge is -2.31. The number of aliphatic hydroxyl groups is 2. The van der Waals surface area contributed by atoms with Crippen LogP contribution >= 0.6 is 23.2 Å². The molecule has 0 aromatic heterocycles. The molecule has 5 nitrogen and oxygen atoms in total. The first kappa shape index (κ1) is 16.8. The van der Waals surface area contributed by atoms with Crippen LogP contribution in [0.25, 0.3) is 5.57 Å². The van der Waals surface area contributed by atoms with E-state index in [1.54, 1.807) is 0 Å². The topological polar surface area (TPSA) is 95.9 Å². The van der Waals surface area contributed by atoms with Gasteiger partial charge in [0, 0.05) is 35.5 Å². The Hall–Kier alpha value is -1.05. The summed E-state index contributed by atoms with van der Waals surface area (Å²) in [6.45, 7) is 0.202. The Labute approximate surface area is 142 Å². The average Bonchev–Trinajstić information content (AvgIpc) is 2.94. The van der Waals surface area contributed by atoms with E-state index >= 15 is 0 Å². The van der Waals surface area contributed by atoms with Crippen LogP contribution in [-0.4, -0.2) is 45.6 Å². The van der Waals surface area contributed by atoms with Gasteiger partial charge in [-0.05, 0) is 11.6 Å².